The molecule has 0 aliphatic rings. The topological polar surface area (TPSA) is 63.8 Å². The summed E-state index contributed by atoms with van der Waals surface area (Å²) in [6.45, 7) is 8.57. The second-order valence-electron chi connectivity index (χ2n) is 12.2. The van der Waals surface area contributed by atoms with Crippen molar-refractivity contribution in [2.24, 2.45) is 0 Å². The summed E-state index contributed by atoms with van der Waals surface area (Å²) in [5, 5.41) is 16.0. The zero-order chi connectivity index (χ0) is 30.2. The number of rotatable bonds is 3. The molecule has 4 aromatic carbocycles. The second-order valence-corrected chi connectivity index (χ2v) is 13.2. The number of thiophene rings is 1. The number of aryl methyl sites for hydroxylation is 1. The van der Waals surface area contributed by atoms with Gasteiger partial charge in [0.15, 0.2) is 0 Å². The molecule has 0 radical (unpaired) electrons. The molecule has 5 nitrogen and oxygen atoms in total. The molecule has 0 aliphatic heterocycles. The summed E-state index contributed by atoms with van der Waals surface area (Å²) in [6.07, 6.45) is 1.80. The molecule has 4 aromatic heterocycles. The average molecular weight is 785 g/mol. The van der Waals surface area contributed by atoms with Crippen LogP contribution >= 0.6 is 11.3 Å². The van der Waals surface area contributed by atoms with Crippen LogP contribution in [0.4, 0.5) is 0 Å². The van der Waals surface area contributed by atoms with Gasteiger partial charge >= 0.3 is 0 Å². The predicted molar refractivity (Wildman–Crippen MR) is 182 cm³/mol. The zero-order valence-electron chi connectivity index (χ0n) is 25.2. The third kappa shape index (κ3) is 4.67. The summed E-state index contributed by atoms with van der Waals surface area (Å²) in [5.41, 5.74) is 6.94. The number of nitrogens with zero attached hydrogens (tertiary/aromatic N) is 4. The van der Waals surface area contributed by atoms with Crippen LogP contribution < -0.4 is 0 Å². The van der Waals surface area contributed by atoms with Gasteiger partial charge in [-0.15, -0.1) is 41.2 Å². The number of hydrogen-bond donors (Lipinski definition) is 1. The van der Waals surface area contributed by atoms with Crippen LogP contribution in [0.5, 0.6) is 5.75 Å². The molecule has 45 heavy (non-hydrogen) atoms. The SMILES string of the molecule is Cc1ccc2c(n1)sc1c3ccccc3c(O)c(-c3nc4c(-c5[c-]c(-c6ccccn6)ccc5)cccc4n3C(C)(C)C)c21.[Pt]. The van der Waals surface area contributed by atoms with Crippen molar-refractivity contribution in [3.8, 4) is 39.5 Å². The van der Waals surface area contributed by atoms with Crippen molar-refractivity contribution in [1.29, 1.82) is 0 Å². The fourth-order valence-electron chi connectivity index (χ4n) is 6.33. The molecule has 7 heteroatoms. The maximum atomic E-state index is 12.1. The van der Waals surface area contributed by atoms with Gasteiger partial charge in [-0.25, -0.2) is 9.97 Å². The van der Waals surface area contributed by atoms with Crippen LogP contribution in [0.15, 0.2) is 97.2 Å². The minimum absolute atomic E-state index is 0. The zero-order valence-corrected chi connectivity index (χ0v) is 28.3. The molecular weight excluding hydrogens is 756 g/mol. The summed E-state index contributed by atoms with van der Waals surface area (Å²) in [6, 6.07) is 34.2. The molecule has 1 N–H and O–H groups in total. The molecule has 4 heterocycles. The van der Waals surface area contributed by atoms with Crippen molar-refractivity contribution in [3.63, 3.8) is 0 Å². The molecular formula is C38H29N4OPtS-. The fraction of sp³-hybridized carbons (Fsp3) is 0.132. The number of fused-ring (bicyclic) bond motifs is 6. The van der Waals surface area contributed by atoms with Gasteiger partial charge in [-0.1, -0.05) is 59.7 Å². The minimum atomic E-state index is -0.340. The van der Waals surface area contributed by atoms with E-state index < -0.39 is 0 Å². The Morgan fingerprint density at radius 3 is 2.31 bits per heavy atom. The number of aromatic hydroxyl groups is 1. The van der Waals surface area contributed by atoms with E-state index in [0.717, 1.165) is 81.6 Å². The largest absolute Gasteiger partial charge is 0.507 e. The molecule has 0 bridgehead atoms. The Kier molecular flexibility index (Phi) is 7.11. The number of imidazole rings is 1. The van der Waals surface area contributed by atoms with E-state index in [1.807, 2.05) is 61.5 Å². The first-order valence-electron chi connectivity index (χ1n) is 14.7. The summed E-state index contributed by atoms with van der Waals surface area (Å²) in [5.74, 6) is 0.966. The Morgan fingerprint density at radius 1 is 0.778 bits per heavy atom. The molecule has 0 unspecified atom stereocenters. The van der Waals surface area contributed by atoms with Gasteiger partial charge in [0.2, 0.25) is 0 Å². The third-order valence-electron chi connectivity index (χ3n) is 8.21. The van der Waals surface area contributed by atoms with Crippen molar-refractivity contribution in [1.82, 2.24) is 19.5 Å². The number of hydrogen-bond acceptors (Lipinski definition) is 5. The van der Waals surface area contributed by atoms with Crippen LogP contribution in [-0.4, -0.2) is 24.6 Å². The van der Waals surface area contributed by atoms with Crippen molar-refractivity contribution < 1.29 is 26.2 Å². The Balaban J connectivity index is 0.00000325. The Labute approximate surface area is 279 Å². The predicted octanol–water partition coefficient (Wildman–Crippen LogP) is 9.92. The number of benzene rings is 4. The number of aromatic nitrogens is 4. The molecule has 0 amide bonds. The Morgan fingerprint density at radius 2 is 1.53 bits per heavy atom. The van der Waals surface area contributed by atoms with E-state index in [9.17, 15) is 5.11 Å². The molecule has 0 spiro atoms. The van der Waals surface area contributed by atoms with Crippen molar-refractivity contribution in [2.75, 3.05) is 0 Å². The van der Waals surface area contributed by atoms with E-state index in [4.69, 9.17) is 9.97 Å². The van der Waals surface area contributed by atoms with Crippen LogP contribution in [0.1, 0.15) is 26.5 Å². The third-order valence-corrected chi connectivity index (χ3v) is 9.35. The number of phenolic OH excluding ortho intramolecular Hbond substituents is 1. The fourth-order valence-corrected chi connectivity index (χ4v) is 7.59. The van der Waals surface area contributed by atoms with Gasteiger partial charge in [0, 0.05) is 70.4 Å². The first-order chi connectivity index (χ1) is 21.3. The smallest absolute Gasteiger partial charge is 0.145 e. The number of phenols is 1. The Bertz CT molecular complexity index is 2400. The van der Waals surface area contributed by atoms with Crippen molar-refractivity contribution >= 4 is 53.4 Å². The Hall–Kier alpha value is -4.38. The van der Waals surface area contributed by atoms with Crippen molar-refractivity contribution in [2.45, 2.75) is 33.2 Å². The molecule has 0 aliphatic carbocycles. The molecule has 0 fully saturated rings. The second kappa shape index (κ2) is 10.9. The van der Waals surface area contributed by atoms with Gasteiger partial charge in [0.25, 0.3) is 0 Å². The van der Waals surface area contributed by atoms with Gasteiger partial charge in [0.1, 0.15) is 16.4 Å². The van der Waals surface area contributed by atoms with E-state index in [0.29, 0.717) is 0 Å². The van der Waals surface area contributed by atoms with Gasteiger partial charge in [-0.2, -0.15) is 0 Å². The summed E-state index contributed by atoms with van der Waals surface area (Å²) in [7, 11) is 0. The molecule has 224 valence electrons. The maximum Gasteiger partial charge on any atom is 0.145 e. The van der Waals surface area contributed by atoms with E-state index in [-0.39, 0.29) is 32.4 Å². The van der Waals surface area contributed by atoms with Crippen LogP contribution in [-0.2, 0) is 26.6 Å². The molecule has 8 aromatic rings. The molecule has 8 rings (SSSR count). The van der Waals surface area contributed by atoms with Crippen LogP contribution in [0.3, 0.4) is 0 Å². The standard InChI is InChI=1S/C38H29N4OS.Pt/c1-22-18-19-28-31-32(34(43)26-13-5-6-14-27(26)35(31)44-37(28)40-22)36-41-33-25(15-10-17-30(33)42(36)38(2,3)4)23-11-9-12-24(21-23)29-16-7-8-20-39-29;/h5-20,43H,1-4H3;/q-1;. The van der Waals surface area contributed by atoms with Gasteiger partial charge < -0.3 is 9.67 Å². The van der Waals surface area contributed by atoms with Gasteiger partial charge in [-0.3, -0.25) is 4.98 Å². The van der Waals surface area contributed by atoms with E-state index in [2.05, 4.69) is 72.8 Å². The van der Waals surface area contributed by atoms with Gasteiger partial charge in [-0.05, 0) is 52.0 Å². The normalized spacial score (nSPS) is 11.9. The van der Waals surface area contributed by atoms with Crippen LogP contribution in [0.25, 0.3) is 75.9 Å². The summed E-state index contributed by atoms with van der Waals surface area (Å²) in [4.78, 5) is 15.8. The van der Waals surface area contributed by atoms with Crippen molar-refractivity contribution in [3.05, 3.63) is 109 Å². The van der Waals surface area contributed by atoms with E-state index in [1.54, 1.807) is 17.5 Å². The van der Waals surface area contributed by atoms with Crippen LogP contribution in [0, 0.1) is 13.0 Å². The quantitative estimate of drug-likeness (QED) is 0.181. The van der Waals surface area contributed by atoms with Gasteiger partial charge in [0.05, 0.1) is 16.6 Å². The molecule has 0 saturated heterocycles. The summed E-state index contributed by atoms with van der Waals surface area (Å²) >= 11 is 1.67. The minimum Gasteiger partial charge on any atom is -0.507 e. The first kappa shape index (κ1) is 29.3. The first-order valence-corrected chi connectivity index (χ1v) is 15.5. The summed E-state index contributed by atoms with van der Waals surface area (Å²) < 4.78 is 3.37. The molecule has 0 saturated carbocycles. The van der Waals surface area contributed by atoms with E-state index in [1.165, 1.54) is 0 Å². The number of pyridine rings is 2. The number of para-hydroxylation sites is 1. The maximum absolute atomic E-state index is 12.1. The monoisotopic (exact) mass is 784 g/mol. The average Bonchev–Trinajstić information content (AvgIpc) is 3.61. The van der Waals surface area contributed by atoms with E-state index >= 15 is 0 Å². The van der Waals surface area contributed by atoms with Crippen LogP contribution in [0.2, 0.25) is 0 Å². The molecule has 0 atom stereocenters.